The van der Waals surface area contributed by atoms with Gasteiger partial charge in [-0.05, 0) is 31.1 Å². The Kier molecular flexibility index (Phi) is 1.37. The number of hydrogen-bond acceptors (Lipinski definition) is 2. The first-order valence-corrected chi connectivity index (χ1v) is 5.27. The van der Waals surface area contributed by atoms with Crippen LogP contribution in [0.5, 0.6) is 0 Å². The van der Waals surface area contributed by atoms with Gasteiger partial charge in [-0.15, -0.1) is 0 Å². The van der Waals surface area contributed by atoms with E-state index < -0.39 is 0 Å². The van der Waals surface area contributed by atoms with Gasteiger partial charge in [-0.2, -0.15) is 0 Å². The SMILES string of the molecule is NC1CC(N2CC3(CCC3)C2)C1. The van der Waals surface area contributed by atoms with E-state index >= 15 is 0 Å². The summed E-state index contributed by atoms with van der Waals surface area (Å²) in [5, 5.41) is 0. The molecule has 0 unspecified atom stereocenters. The molecule has 3 aliphatic rings. The van der Waals surface area contributed by atoms with Crippen LogP contribution in [0.4, 0.5) is 0 Å². The van der Waals surface area contributed by atoms with Gasteiger partial charge < -0.3 is 5.73 Å². The summed E-state index contributed by atoms with van der Waals surface area (Å²) >= 11 is 0. The Labute approximate surface area is 74.1 Å². The zero-order valence-corrected chi connectivity index (χ0v) is 7.63. The Morgan fingerprint density at radius 3 is 2.25 bits per heavy atom. The third kappa shape index (κ3) is 0.882. The molecule has 0 aromatic carbocycles. The van der Waals surface area contributed by atoms with Crippen molar-refractivity contribution >= 4 is 0 Å². The molecular weight excluding hydrogens is 148 g/mol. The zero-order chi connectivity index (χ0) is 8.18. The van der Waals surface area contributed by atoms with E-state index in [1.165, 1.54) is 45.2 Å². The lowest BCUT2D eigenvalue weighted by Gasteiger charge is -2.60. The fourth-order valence-corrected chi connectivity index (χ4v) is 2.99. The molecule has 3 fully saturated rings. The molecule has 1 aliphatic heterocycles. The van der Waals surface area contributed by atoms with E-state index in [1.54, 1.807) is 0 Å². The van der Waals surface area contributed by atoms with Crippen LogP contribution in [0, 0.1) is 5.41 Å². The minimum absolute atomic E-state index is 0.521. The number of nitrogens with two attached hydrogens (primary N) is 1. The number of likely N-dealkylation sites (tertiary alicyclic amines) is 1. The molecule has 68 valence electrons. The van der Waals surface area contributed by atoms with E-state index in [1.807, 2.05) is 0 Å². The fraction of sp³-hybridized carbons (Fsp3) is 1.00. The van der Waals surface area contributed by atoms with Crippen LogP contribution in [0.15, 0.2) is 0 Å². The molecular formula is C10H18N2. The molecule has 12 heavy (non-hydrogen) atoms. The van der Waals surface area contributed by atoms with Crippen molar-refractivity contribution in [1.29, 1.82) is 0 Å². The molecule has 3 rings (SSSR count). The molecule has 2 saturated carbocycles. The number of hydrogen-bond donors (Lipinski definition) is 1. The predicted octanol–water partition coefficient (Wildman–Crippen LogP) is 0.962. The smallest absolute Gasteiger partial charge is 0.0125 e. The highest BCUT2D eigenvalue weighted by Crippen LogP contribution is 2.50. The van der Waals surface area contributed by atoms with Gasteiger partial charge >= 0.3 is 0 Å². The van der Waals surface area contributed by atoms with Crippen molar-refractivity contribution in [3.05, 3.63) is 0 Å². The average molecular weight is 166 g/mol. The van der Waals surface area contributed by atoms with Crippen molar-refractivity contribution in [1.82, 2.24) is 4.90 Å². The molecule has 0 aromatic rings. The average Bonchev–Trinajstić information content (AvgIpc) is 1.76. The Hall–Kier alpha value is -0.0800. The Morgan fingerprint density at radius 2 is 1.83 bits per heavy atom. The van der Waals surface area contributed by atoms with Gasteiger partial charge in [0.1, 0.15) is 0 Å². The summed E-state index contributed by atoms with van der Waals surface area (Å²) in [6, 6.07) is 1.39. The Morgan fingerprint density at radius 1 is 1.17 bits per heavy atom. The van der Waals surface area contributed by atoms with Gasteiger partial charge in [0, 0.05) is 25.2 Å². The van der Waals surface area contributed by atoms with Gasteiger partial charge in [0.05, 0.1) is 0 Å². The second-order valence-corrected chi connectivity index (χ2v) is 5.14. The van der Waals surface area contributed by atoms with E-state index in [4.69, 9.17) is 5.73 Å². The molecule has 2 heteroatoms. The van der Waals surface area contributed by atoms with Crippen LogP contribution >= 0.6 is 0 Å². The van der Waals surface area contributed by atoms with Gasteiger partial charge in [0.25, 0.3) is 0 Å². The van der Waals surface area contributed by atoms with E-state index in [2.05, 4.69) is 4.90 Å². The van der Waals surface area contributed by atoms with Crippen LogP contribution in [0.2, 0.25) is 0 Å². The first-order valence-electron chi connectivity index (χ1n) is 5.27. The van der Waals surface area contributed by atoms with Crippen LogP contribution in [0.1, 0.15) is 32.1 Å². The summed E-state index contributed by atoms with van der Waals surface area (Å²) in [4.78, 5) is 2.66. The van der Waals surface area contributed by atoms with Crippen molar-refractivity contribution in [3.63, 3.8) is 0 Å². The van der Waals surface area contributed by atoms with Gasteiger partial charge in [0.15, 0.2) is 0 Å². The van der Waals surface area contributed by atoms with Gasteiger partial charge in [0.2, 0.25) is 0 Å². The lowest BCUT2D eigenvalue weighted by Crippen LogP contribution is -2.66. The third-order valence-electron chi connectivity index (χ3n) is 4.16. The highest BCUT2D eigenvalue weighted by Gasteiger charge is 2.50. The van der Waals surface area contributed by atoms with Crippen molar-refractivity contribution in [2.24, 2.45) is 11.1 Å². The summed E-state index contributed by atoms with van der Waals surface area (Å²) in [6.45, 7) is 2.79. The Bertz CT molecular complexity index is 184. The van der Waals surface area contributed by atoms with Gasteiger partial charge in [-0.25, -0.2) is 0 Å². The minimum atomic E-state index is 0.521. The topological polar surface area (TPSA) is 29.3 Å². The molecule has 2 N–H and O–H groups in total. The number of rotatable bonds is 1. The van der Waals surface area contributed by atoms with Crippen LogP contribution in [-0.2, 0) is 0 Å². The van der Waals surface area contributed by atoms with E-state index in [9.17, 15) is 0 Å². The van der Waals surface area contributed by atoms with Gasteiger partial charge in [-0.1, -0.05) is 6.42 Å². The first-order chi connectivity index (χ1) is 5.77. The van der Waals surface area contributed by atoms with Crippen molar-refractivity contribution in [2.45, 2.75) is 44.2 Å². The van der Waals surface area contributed by atoms with Gasteiger partial charge in [-0.3, -0.25) is 4.90 Å². The van der Waals surface area contributed by atoms with E-state index in [0.29, 0.717) is 6.04 Å². The summed E-state index contributed by atoms with van der Waals surface area (Å²) < 4.78 is 0. The molecule has 0 atom stereocenters. The summed E-state index contributed by atoms with van der Waals surface area (Å²) in [7, 11) is 0. The highest BCUT2D eigenvalue weighted by atomic mass is 15.3. The minimum Gasteiger partial charge on any atom is -0.328 e. The van der Waals surface area contributed by atoms with E-state index in [0.717, 1.165) is 11.5 Å². The Balaban J connectivity index is 1.50. The lowest BCUT2D eigenvalue weighted by atomic mass is 9.62. The standard InChI is InChI=1S/C10H18N2/c11-8-4-9(5-8)12-6-10(7-12)2-1-3-10/h8-9H,1-7,11H2. The maximum atomic E-state index is 5.77. The van der Waals surface area contributed by atoms with Crippen LogP contribution in [0.3, 0.4) is 0 Å². The summed E-state index contributed by atoms with van der Waals surface area (Å²) in [5.74, 6) is 0. The second kappa shape index (κ2) is 2.24. The molecule has 2 aliphatic carbocycles. The maximum absolute atomic E-state index is 5.77. The maximum Gasteiger partial charge on any atom is 0.0125 e. The predicted molar refractivity (Wildman–Crippen MR) is 48.9 cm³/mol. The molecule has 2 nitrogen and oxygen atoms in total. The van der Waals surface area contributed by atoms with Crippen LogP contribution < -0.4 is 5.73 Å². The normalized spacial score (nSPS) is 44.8. The monoisotopic (exact) mass is 166 g/mol. The van der Waals surface area contributed by atoms with Crippen LogP contribution in [-0.4, -0.2) is 30.1 Å². The molecule has 1 saturated heterocycles. The quantitative estimate of drug-likeness (QED) is 0.628. The van der Waals surface area contributed by atoms with Crippen molar-refractivity contribution in [3.8, 4) is 0 Å². The fourth-order valence-electron chi connectivity index (χ4n) is 2.99. The second-order valence-electron chi connectivity index (χ2n) is 5.14. The van der Waals surface area contributed by atoms with Crippen molar-refractivity contribution in [2.75, 3.05) is 13.1 Å². The molecule has 1 spiro atoms. The summed E-state index contributed by atoms with van der Waals surface area (Å²) in [5.41, 5.74) is 6.58. The zero-order valence-electron chi connectivity index (χ0n) is 7.63. The lowest BCUT2D eigenvalue weighted by molar-refractivity contribution is -0.101. The largest absolute Gasteiger partial charge is 0.328 e. The highest BCUT2D eigenvalue weighted by molar-refractivity contribution is 5.05. The molecule has 0 amide bonds. The number of nitrogens with zero attached hydrogens (tertiary/aromatic N) is 1. The molecule has 0 aromatic heterocycles. The van der Waals surface area contributed by atoms with Crippen molar-refractivity contribution < 1.29 is 0 Å². The van der Waals surface area contributed by atoms with Crippen LogP contribution in [0.25, 0.3) is 0 Å². The summed E-state index contributed by atoms with van der Waals surface area (Å²) in [6.07, 6.45) is 7.01. The van der Waals surface area contributed by atoms with E-state index in [-0.39, 0.29) is 0 Å². The first kappa shape index (κ1) is 7.34. The third-order valence-corrected chi connectivity index (χ3v) is 4.16. The molecule has 0 radical (unpaired) electrons. The molecule has 0 bridgehead atoms. The molecule has 1 heterocycles.